The van der Waals surface area contributed by atoms with Crippen LogP contribution in [0.2, 0.25) is 5.02 Å². The number of aromatic nitrogens is 4. The fourth-order valence-electron chi connectivity index (χ4n) is 2.38. The molecular weight excluding hydrogens is 387 g/mol. The maximum absolute atomic E-state index is 13.0. The molecule has 1 aromatic heterocycles. The maximum atomic E-state index is 13.0. The van der Waals surface area contributed by atoms with Crippen molar-refractivity contribution in [2.24, 2.45) is 0 Å². The van der Waals surface area contributed by atoms with Crippen molar-refractivity contribution in [2.45, 2.75) is 12.7 Å². The first kappa shape index (κ1) is 18.6. The van der Waals surface area contributed by atoms with Crippen molar-refractivity contribution >= 4 is 23.4 Å². The SMILES string of the molecule is O=C(O)N(Cc1ccc(-n2cnnn2)cc1)c1ccc(Cl)c(C(F)(F)F)c1. The van der Waals surface area contributed by atoms with Crippen LogP contribution in [0.4, 0.5) is 23.7 Å². The van der Waals surface area contributed by atoms with E-state index in [1.54, 1.807) is 24.3 Å². The van der Waals surface area contributed by atoms with Gasteiger partial charge in [0.1, 0.15) is 6.33 Å². The lowest BCUT2D eigenvalue weighted by molar-refractivity contribution is -0.137. The molecule has 1 amide bonds. The van der Waals surface area contributed by atoms with E-state index in [-0.39, 0.29) is 12.2 Å². The number of hydrogen-bond donors (Lipinski definition) is 1. The molecule has 1 N–H and O–H groups in total. The van der Waals surface area contributed by atoms with E-state index in [1.165, 1.54) is 17.1 Å². The van der Waals surface area contributed by atoms with Gasteiger partial charge >= 0.3 is 12.3 Å². The Morgan fingerprint density at radius 1 is 1.19 bits per heavy atom. The summed E-state index contributed by atoms with van der Waals surface area (Å²) < 4.78 is 40.5. The van der Waals surface area contributed by atoms with Crippen LogP contribution in [-0.4, -0.2) is 31.4 Å². The van der Waals surface area contributed by atoms with Gasteiger partial charge in [-0.25, -0.2) is 9.48 Å². The monoisotopic (exact) mass is 397 g/mol. The molecule has 0 fully saturated rings. The third kappa shape index (κ3) is 4.17. The number of benzene rings is 2. The van der Waals surface area contributed by atoms with Crippen LogP contribution >= 0.6 is 11.6 Å². The Kier molecular flexibility index (Phi) is 5.00. The highest BCUT2D eigenvalue weighted by Crippen LogP contribution is 2.37. The molecule has 0 spiro atoms. The van der Waals surface area contributed by atoms with Crippen LogP contribution in [0, 0.1) is 0 Å². The number of nitrogens with zero attached hydrogens (tertiary/aromatic N) is 5. The van der Waals surface area contributed by atoms with E-state index >= 15 is 0 Å². The Bertz CT molecular complexity index is 946. The van der Waals surface area contributed by atoms with E-state index in [4.69, 9.17) is 11.6 Å². The molecule has 0 radical (unpaired) electrons. The lowest BCUT2D eigenvalue weighted by atomic mass is 10.1. The number of tetrazole rings is 1. The summed E-state index contributed by atoms with van der Waals surface area (Å²) in [5, 5.41) is 19.7. The minimum atomic E-state index is -4.69. The fraction of sp³-hybridized carbons (Fsp3) is 0.125. The highest BCUT2D eigenvalue weighted by atomic mass is 35.5. The molecule has 27 heavy (non-hydrogen) atoms. The third-order valence-corrected chi connectivity index (χ3v) is 4.02. The van der Waals surface area contributed by atoms with Gasteiger partial charge in [0.25, 0.3) is 0 Å². The molecule has 0 aliphatic heterocycles. The summed E-state index contributed by atoms with van der Waals surface area (Å²) in [6, 6.07) is 9.55. The van der Waals surface area contributed by atoms with Crippen molar-refractivity contribution in [3.63, 3.8) is 0 Å². The number of halogens is 4. The van der Waals surface area contributed by atoms with Gasteiger partial charge < -0.3 is 5.11 Å². The first-order valence-electron chi connectivity index (χ1n) is 7.45. The molecule has 140 valence electrons. The minimum absolute atomic E-state index is 0.135. The normalized spacial score (nSPS) is 11.4. The first-order valence-corrected chi connectivity index (χ1v) is 7.83. The molecule has 0 saturated carbocycles. The predicted octanol–water partition coefficient (Wildman–Crippen LogP) is 4.02. The average molecular weight is 398 g/mol. The fourth-order valence-corrected chi connectivity index (χ4v) is 2.61. The highest BCUT2D eigenvalue weighted by molar-refractivity contribution is 6.31. The minimum Gasteiger partial charge on any atom is -0.465 e. The van der Waals surface area contributed by atoms with Crippen molar-refractivity contribution in [1.82, 2.24) is 20.2 Å². The Hall–Kier alpha value is -3.14. The average Bonchev–Trinajstić information content (AvgIpc) is 3.14. The number of carbonyl (C=O) groups is 1. The number of rotatable bonds is 4. The Morgan fingerprint density at radius 3 is 2.44 bits per heavy atom. The van der Waals surface area contributed by atoms with Crippen LogP contribution in [0.25, 0.3) is 5.69 Å². The van der Waals surface area contributed by atoms with Crippen LogP contribution in [0.15, 0.2) is 48.8 Å². The van der Waals surface area contributed by atoms with E-state index in [0.29, 0.717) is 17.3 Å². The third-order valence-electron chi connectivity index (χ3n) is 3.69. The van der Waals surface area contributed by atoms with Crippen molar-refractivity contribution in [3.8, 4) is 5.69 Å². The Balaban J connectivity index is 1.88. The van der Waals surface area contributed by atoms with E-state index in [0.717, 1.165) is 11.0 Å². The standard InChI is InChI=1S/C16H11ClF3N5O2/c17-14-6-5-12(7-13(14)16(18,19)20)24(15(26)27)8-10-1-3-11(4-2-10)25-9-21-22-23-25/h1-7,9H,8H2,(H,26,27). The van der Waals surface area contributed by atoms with Gasteiger partial charge in [0.15, 0.2) is 0 Å². The second-order valence-corrected chi connectivity index (χ2v) is 5.86. The molecule has 0 aliphatic rings. The largest absolute Gasteiger partial charge is 0.465 e. The molecule has 7 nitrogen and oxygen atoms in total. The van der Waals surface area contributed by atoms with Gasteiger partial charge in [-0.2, -0.15) is 13.2 Å². The molecule has 0 atom stereocenters. The number of anilines is 1. The summed E-state index contributed by atoms with van der Waals surface area (Å²) in [4.78, 5) is 12.4. The molecule has 2 aromatic carbocycles. The number of carboxylic acid groups (broad SMARTS) is 1. The Morgan fingerprint density at radius 2 is 1.89 bits per heavy atom. The molecule has 0 unspecified atom stereocenters. The van der Waals surface area contributed by atoms with Crippen molar-refractivity contribution < 1.29 is 23.1 Å². The molecule has 3 rings (SSSR count). The van der Waals surface area contributed by atoms with Gasteiger partial charge in [-0.05, 0) is 46.3 Å². The maximum Gasteiger partial charge on any atom is 0.417 e. The molecule has 1 heterocycles. The molecule has 0 saturated heterocycles. The summed E-state index contributed by atoms with van der Waals surface area (Å²) in [6.07, 6.45) is -4.69. The summed E-state index contributed by atoms with van der Waals surface area (Å²) >= 11 is 5.59. The Labute approximate surface area is 155 Å². The van der Waals surface area contributed by atoms with Crippen molar-refractivity contribution in [1.29, 1.82) is 0 Å². The molecule has 3 aromatic rings. The van der Waals surface area contributed by atoms with Gasteiger partial charge in [0.05, 0.1) is 22.8 Å². The number of amides is 1. The lowest BCUT2D eigenvalue weighted by Gasteiger charge is -2.21. The predicted molar refractivity (Wildman–Crippen MR) is 89.8 cm³/mol. The molecule has 0 aliphatic carbocycles. The van der Waals surface area contributed by atoms with Gasteiger partial charge in [-0.1, -0.05) is 23.7 Å². The van der Waals surface area contributed by atoms with Crippen LogP contribution in [-0.2, 0) is 12.7 Å². The van der Waals surface area contributed by atoms with E-state index in [2.05, 4.69) is 15.5 Å². The second kappa shape index (κ2) is 7.23. The van der Waals surface area contributed by atoms with Crippen LogP contribution in [0.1, 0.15) is 11.1 Å². The smallest absolute Gasteiger partial charge is 0.417 e. The van der Waals surface area contributed by atoms with Crippen LogP contribution < -0.4 is 4.90 Å². The zero-order valence-electron chi connectivity index (χ0n) is 13.4. The van der Waals surface area contributed by atoms with Crippen molar-refractivity contribution in [3.05, 3.63) is 64.9 Å². The van der Waals surface area contributed by atoms with Crippen LogP contribution in [0.5, 0.6) is 0 Å². The van der Waals surface area contributed by atoms with Gasteiger partial charge in [0.2, 0.25) is 0 Å². The summed E-state index contributed by atoms with van der Waals surface area (Å²) in [6.45, 7) is -0.149. The number of hydrogen-bond acceptors (Lipinski definition) is 4. The topological polar surface area (TPSA) is 84.1 Å². The zero-order chi connectivity index (χ0) is 19.6. The van der Waals surface area contributed by atoms with E-state index in [1.807, 2.05) is 0 Å². The first-order chi connectivity index (χ1) is 12.8. The van der Waals surface area contributed by atoms with Crippen LogP contribution in [0.3, 0.4) is 0 Å². The summed E-state index contributed by atoms with van der Waals surface area (Å²) in [5.74, 6) is 0. The van der Waals surface area contributed by atoms with E-state index < -0.39 is 22.9 Å². The zero-order valence-corrected chi connectivity index (χ0v) is 14.2. The second-order valence-electron chi connectivity index (χ2n) is 5.45. The van der Waals surface area contributed by atoms with E-state index in [9.17, 15) is 23.1 Å². The molecular formula is C16H11ClF3N5O2. The molecule has 0 bridgehead atoms. The quantitative estimate of drug-likeness (QED) is 0.718. The van der Waals surface area contributed by atoms with Gasteiger partial charge in [0, 0.05) is 5.69 Å². The summed E-state index contributed by atoms with van der Waals surface area (Å²) in [7, 11) is 0. The van der Waals surface area contributed by atoms with Crippen molar-refractivity contribution in [2.75, 3.05) is 4.90 Å². The van der Waals surface area contributed by atoms with Gasteiger partial charge in [-0.15, -0.1) is 5.10 Å². The lowest BCUT2D eigenvalue weighted by Crippen LogP contribution is -2.29. The molecule has 11 heteroatoms. The highest BCUT2D eigenvalue weighted by Gasteiger charge is 2.34. The van der Waals surface area contributed by atoms with Gasteiger partial charge in [-0.3, -0.25) is 4.90 Å². The summed E-state index contributed by atoms with van der Waals surface area (Å²) in [5.41, 5.74) is -0.0140. The number of alkyl halides is 3.